The highest BCUT2D eigenvalue weighted by atomic mass is 32.2. The van der Waals surface area contributed by atoms with E-state index < -0.39 is 21.5 Å². The first-order valence-electron chi connectivity index (χ1n) is 11.0. The molecule has 12 heteroatoms. The summed E-state index contributed by atoms with van der Waals surface area (Å²) in [5.74, 6) is -0.561. The van der Waals surface area contributed by atoms with Crippen LogP contribution in [0.2, 0.25) is 0 Å². The van der Waals surface area contributed by atoms with E-state index in [1.165, 1.54) is 22.5 Å². The Labute approximate surface area is 200 Å². The number of fused-ring (bicyclic) bond motifs is 1. The van der Waals surface area contributed by atoms with Crippen LogP contribution < -0.4 is 21.1 Å². The molecule has 11 nitrogen and oxygen atoms in total. The van der Waals surface area contributed by atoms with Gasteiger partial charge in [-0.3, -0.25) is 14.5 Å². The molecule has 0 bridgehead atoms. The molecule has 2 aliphatic rings. The van der Waals surface area contributed by atoms with Gasteiger partial charge in [-0.05, 0) is 42.5 Å². The second-order valence-corrected chi connectivity index (χ2v) is 10.1. The number of hydrogen-bond acceptors (Lipinski definition) is 6. The lowest BCUT2D eigenvalue weighted by molar-refractivity contribution is 0.0730. The minimum absolute atomic E-state index is 0.0289. The van der Waals surface area contributed by atoms with Gasteiger partial charge < -0.3 is 20.4 Å². The van der Waals surface area contributed by atoms with Crippen LogP contribution in [0.1, 0.15) is 10.4 Å². The number of nitrogens with one attached hydrogen (secondary N) is 3. The van der Waals surface area contributed by atoms with Gasteiger partial charge in [0, 0.05) is 54.5 Å². The molecule has 0 atom stereocenters. The highest BCUT2D eigenvalue weighted by Gasteiger charge is 2.27. The lowest BCUT2D eigenvalue weighted by Crippen LogP contribution is -2.40. The highest BCUT2D eigenvalue weighted by molar-refractivity contribution is 7.89. The molecule has 0 unspecified atom stereocenters. The molecule has 2 saturated heterocycles. The van der Waals surface area contributed by atoms with Gasteiger partial charge in [-0.2, -0.15) is 4.31 Å². The maximum atomic E-state index is 13.1. The second kappa shape index (κ2) is 9.13. The smallest absolute Gasteiger partial charge is 0.321 e. The predicted molar refractivity (Wildman–Crippen MR) is 129 cm³/mol. The molecule has 2 fully saturated rings. The van der Waals surface area contributed by atoms with Gasteiger partial charge in [-0.1, -0.05) is 0 Å². The molecule has 3 heterocycles. The number of carbonyl (C=O) groups is 2. The minimum atomic E-state index is -3.79. The van der Waals surface area contributed by atoms with E-state index in [-0.39, 0.29) is 29.6 Å². The lowest BCUT2D eigenvalue weighted by Gasteiger charge is -2.26. The van der Waals surface area contributed by atoms with E-state index in [2.05, 4.69) is 15.6 Å². The average Bonchev–Trinajstić information content (AvgIpc) is 3.30. The molecule has 2 aromatic carbocycles. The molecule has 0 spiro atoms. The largest absolute Gasteiger partial charge is 0.379 e. The van der Waals surface area contributed by atoms with Crippen molar-refractivity contribution in [1.29, 1.82) is 0 Å². The Kier molecular flexibility index (Phi) is 6.01. The van der Waals surface area contributed by atoms with Gasteiger partial charge in [0.15, 0.2) is 0 Å². The van der Waals surface area contributed by atoms with E-state index in [0.29, 0.717) is 48.6 Å². The SMILES string of the molecule is O=C(Nc1ccc(N2CCNC2=O)cc1)c1cc(=O)[nH]c2ccc(S(=O)(=O)N3CCOCC3)cc12. The summed E-state index contributed by atoms with van der Waals surface area (Å²) in [4.78, 5) is 41.4. The van der Waals surface area contributed by atoms with Crippen molar-refractivity contribution in [2.45, 2.75) is 4.90 Å². The van der Waals surface area contributed by atoms with Gasteiger partial charge in [0.2, 0.25) is 15.6 Å². The number of carbonyl (C=O) groups excluding carboxylic acids is 2. The van der Waals surface area contributed by atoms with E-state index in [0.717, 1.165) is 6.07 Å². The van der Waals surface area contributed by atoms with Crippen molar-refractivity contribution >= 4 is 44.2 Å². The third kappa shape index (κ3) is 4.50. The van der Waals surface area contributed by atoms with Crippen LogP contribution in [-0.4, -0.2) is 69.0 Å². The summed E-state index contributed by atoms with van der Waals surface area (Å²) in [6.07, 6.45) is 0. The molecule has 1 aromatic heterocycles. The van der Waals surface area contributed by atoms with Gasteiger partial charge in [0.25, 0.3) is 5.91 Å². The van der Waals surface area contributed by atoms with Crippen LogP contribution in [0.15, 0.2) is 58.2 Å². The van der Waals surface area contributed by atoms with E-state index in [1.807, 2.05) is 0 Å². The van der Waals surface area contributed by atoms with Crippen LogP contribution in [0.25, 0.3) is 10.9 Å². The van der Waals surface area contributed by atoms with Crippen molar-refractivity contribution < 1.29 is 22.7 Å². The number of ether oxygens (including phenoxy) is 1. The van der Waals surface area contributed by atoms with Crippen LogP contribution in [0.3, 0.4) is 0 Å². The molecular formula is C23H23N5O6S. The zero-order valence-electron chi connectivity index (χ0n) is 18.6. The summed E-state index contributed by atoms with van der Waals surface area (Å²) in [5.41, 5.74) is 1.06. The van der Waals surface area contributed by atoms with Crippen LogP contribution in [0, 0.1) is 0 Å². The monoisotopic (exact) mass is 497 g/mol. The number of H-pyrrole nitrogens is 1. The molecule has 5 rings (SSSR count). The maximum absolute atomic E-state index is 13.1. The van der Waals surface area contributed by atoms with E-state index >= 15 is 0 Å². The highest BCUT2D eigenvalue weighted by Crippen LogP contribution is 2.25. The molecule has 0 aliphatic carbocycles. The topological polar surface area (TPSA) is 141 Å². The Balaban J connectivity index is 1.45. The molecule has 0 saturated carbocycles. The molecule has 0 radical (unpaired) electrons. The molecule has 182 valence electrons. The molecule has 35 heavy (non-hydrogen) atoms. The number of hydrogen-bond donors (Lipinski definition) is 3. The number of nitrogens with zero attached hydrogens (tertiary/aromatic N) is 2. The number of sulfonamides is 1. The van der Waals surface area contributed by atoms with Crippen molar-refractivity contribution in [3.63, 3.8) is 0 Å². The zero-order chi connectivity index (χ0) is 24.6. The first-order valence-corrected chi connectivity index (χ1v) is 12.5. The van der Waals surface area contributed by atoms with Crippen LogP contribution in [0.5, 0.6) is 0 Å². The van der Waals surface area contributed by atoms with Gasteiger partial charge in [0.05, 0.1) is 23.7 Å². The van der Waals surface area contributed by atoms with Crippen LogP contribution >= 0.6 is 0 Å². The van der Waals surface area contributed by atoms with Crippen molar-refractivity contribution in [2.24, 2.45) is 0 Å². The van der Waals surface area contributed by atoms with Crippen LogP contribution in [-0.2, 0) is 14.8 Å². The fraction of sp³-hybridized carbons (Fsp3) is 0.261. The number of aromatic nitrogens is 1. The summed E-state index contributed by atoms with van der Waals surface area (Å²) < 4.78 is 32.8. The van der Waals surface area contributed by atoms with E-state index in [9.17, 15) is 22.8 Å². The Morgan fingerprint density at radius 1 is 0.971 bits per heavy atom. The normalized spacial score (nSPS) is 16.9. The molecule has 2 aliphatic heterocycles. The number of benzene rings is 2. The summed E-state index contributed by atoms with van der Waals surface area (Å²) in [5, 5.41) is 5.78. The fourth-order valence-electron chi connectivity index (χ4n) is 4.16. The van der Waals surface area contributed by atoms with Crippen molar-refractivity contribution in [2.75, 3.05) is 49.6 Å². The quantitative estimate of drug-likeness (QED) is 0.486. The maximum Gasteiger partial charge on any atom is 0.321 e. The number of morpholine rings is 1. The van der Waals surface area contributed by atoms with Crippen molar-refractivity contribution in [1.82, 2.24) is 14.6 Å². The Hall–Kier alpha value is -3.74. The van der Waals surface area contributed by atoms with Gasteiger partial charge >= 0.3 is 6.03 Å². The standard InChI is InChI=1S/C23H23N5O6S/c29-21-14-19(22(30)25-15-1-3-16(4-2-15)28-8-7-24-23(28)31)18-13-17(5-6-20(18)26-21)35(32,33)27-9-11-34-12-10-27/h1-6,13-14H,7-12H2,(H,24,31)(H,25,30)(H,26,29). The Morgan fingerprint density at radius 3 is 2.40 bits per heavy atom. The van der Waals surface area contributed by atoms with E-state index in [4.69, 9.17) is 4.74 Å². The van der Waals surface area contributed by atoms with E-state index in [1.54, 1.807) is 29.2 Å². The summed E-state index contributed by atoms with van der Waals surface area (Å²) >= 11 is 0. The molecule has 3 N–H and O–H groups in total. The fourth-order valence-corrected chi connectivity index (χ4v) is 5.59. The number of rotatable bonds is 5. The molecule has 3 aromatic rings. The van der Waals surface area contributed by atoms with Crippen molar-refractivity contribution in [3.8, 4) is 0 Å². The predicted octanol–water partition coefficient (Wildman–Crippen LogP) is 1.33. The van der Waals surface area contributed by atoms with Crippen molar-refractivity contribution in [3.05, 3.63) is 64.4 Å². The number of pyridine rings is 1. The number of urea groups is 1. The first-order chi connectivity index (χ1) is 16.8. The minimum Gasteiger partial charge on any atom is -0.379 e. The number of amides is 3. The molecular weight excluding hydrogens is 474 g/mol. The lowest BCUT2D eigenvalue weighted by atomic mass is 10.1. The third-order valence-electron chi connectivity index (χ3n) is 5.96. The first kappa shape index (κ1) is 23.0. The van der Waals surface area contributed by atoms with Gasteiger partial charge in [-0.25, -0.2) is 13.2 Å². The van der Waals surface area contributed by atoms with Gasteiger partial charge in [-0.15, -0.1) is 0 Å². The zero-order valence-corrected chi connectivity index (χ0v) is 19.4. The second-order valence-electron chi connectivity index (χ2n) is 8.16. The summed E-state index contributed by atoms with van der Waals surface area (Å²) in [6, 6.07) is 12.0. The van der Waals surface area contributed by atoms with Crippen LogP contribution in [0.4, 0.5) is 16.2 Å². The van der Waals surface area contributed by atoms with Gasteiger partial charge in [0.1, 0.15) is 0 Å². The average molecular weight is 498 g/mol. The molecule has 3 amide bonds. The summed E-state index contributed by atoms with van der Waals surface area (Å²) in [6.45, 7) is 2.24. The third-order valence-corrected chi connectivity index (χ3v) is 7.86. The Morgan fingerprint density at radius 2 is 1.71 bits per heavy atom. The summed E-state index contributed by atoms with van der Waals surface area (Å²) in [7, 11) is -3.79. The number of anilines is 2. The number of aromatic amines is 1. The Bertz CT molecular complexity index is 1460.